The third-order valence-electron chi connectivity index (χ3n) is 3.90. The topological polar surface area (TPSA) is 23.5 Å². The Kier molecular flexibility index (Phi) is 4.82. The van der Waals surface area contributed by atoms with Crippen molar-refractivity contribution < 1.29 is 13.9 Å². The van der Waals surface area contributed by atoms with Crippen molar-refractivity contribution in [2.45, 2.75) is 38.3 Å². The third-order valence-corrected chi connectivity index (χ3v) is 3.90. The van der Waals surface area contributed by atoms with Crippen LogP contribution >= 0.6 is 0 Å². The van der Waals surface area contributed by atoms with Crippen LogP contribution in [0.4, 0.5) is 8.78 Å². The summed E-state index contributed by atoms with van der Waals surface area (Å²) in [6, 6.07) is 3.91. The predicted octanol–water partition coefficient (Wildman–Crippen LogP) is 3.12. The van der Waals surface area contributed by atoms with E-state index in [1.165, 1.54) is 12.1 Å². The summed E-state index contributed by atoms with van der Waals surface area (Å²) in [7, 11) is 3.68. The van der Waals surface area contributed by atoms with E-state index in [0.717, 1.165) is 6.07 Å². The molecule has 4 heteroatoms. The second-order valence-electron chi connectivity index (χ2n) is 4.75. The number of likely N-dealkylation sites (N-methyl/N-ethyl adjacent to an activating group) is 1. The molecule has 0 fully saturated rings. The first-order valence-corrected chi connectivity index (χ1v) is 6.20. The van der Waals surface area contributed by atoms with Crippen molar-refractivity contribution in [1.29, 1.82) is 0 Å². The number of aliphatic hydroxyl groups is 1. The highest BCUT2D eigenvalue weighted by Gasteiger charge is 2.39. The second-order valence-corrected chi connectivity index (χ2v) is 4.75. The molecule has 0 aromatic heterocycles. The van der Waals surface area contributed by atoms with E-state index in [2.05, 4.69) is 0 Å². The highest BCUT2D eigenvalue weighted by molar-refractivity contribution is 5.24. The van der Waals surface area contributed by atoms with Gasteiger partial charge in [-0.1, -0.05) is 26.0 Å². The molecular weight excluding hydrogens is 236 g/mol. The molecule has 18 heavy (non-hydrogen) atoms. The largest absolute Gasteiger partial charge is 0.386 e. The summed E-state index contributed by atoms with van der Waals surface area (Å²) in [5.74, 6) is -1.88. The van der Waals surface area contributed by atoms with E-state index >= 15 is 0 Å². The molecule has 102 valence electrons. The van der Waals surface area contributed by atoms with Crippen LogP contribution in [-0.4, -0.2) is 29.6 Å². The van der Waals surface area contributed by atoms with Crippen molar-refractivity contribution in [3.05, 3.63) is 35.4 Å². The highest BCUT2D eigenvalue weighted by Crippen LogP contribution is 2.37. The van der Waals surface area contributed by atoms with Crippen molar-refractivity contribution >= 4 is 0 Å². The molecule has 0 bridgehead atoms. The molecule has 1 aromatic rings. The van der Waals surface area contributed by atoms with Gasteiger partial charge in [0.05, 0.1) is 5.54 Å². The van der Waals surface area contributed by atoms with Crippen molar-refractivity contribution in [1.82, 2.24) is 4.90 Å². The fourth-order valence-corrected chi connectivity index (χ4v) is 2.53. The normalized spacial score (nSPS) is 14.0. The number of nitrogens with zero attached hydrogens (tertiary/aromatic N) is 1. The molecule has 0 saturated heterocycles. The van der Waals surface area contributed by atoms with Crippen LogP contribution < -0.4 is 0 Å². The SMILES string of the molecule is CCC(CC)(C(O)c1cccc(F)c1F)N(C)C. The average molecular weight is 257 g/mol. The van der Waals surface area contributed by atoms with Crippen LogP contribution in [0.2, 0.25) is 0 Å². The van der Waals surface area contributed by atoms with Gasteiger partial charge in [-0.05, 0) is 33.0 Å². The Morgan fingerprint density at radius 2 is 1.78 bits per heavy atom. The van der Waals surface area contributed by atoms with Gasteiger partial charge in [0.25, 0.3) is 0 Å². The summed E-state index contributed by atoms with van der Waals surface area (Å²) in [5.41, 5.74) is -0.568. The van der Waals surface area contributed by atoms with Crippen LogP contribution in [0.3, 0.4) is 0 Å². The van der Waals surface area contributed by atoms with Crippen LogP contribution in [-0.2, 0) is 0 Å². The van der Waals surface area contributed by atoms with Crippen LogP contribution in [0.5, 0.6) is 0 Å². The predicted molar refractivity (Wildman–Crippen MR) is 68.3 cm³/mol. The first-order valence-electron chi connectivity index (χ1n) is 6.20. The number of hydrogen-bond donors (Lipinski definition) is 1. The monoisotopic (exact) mass is 257 g/mol. The molecule has 1 atom stereocenters. The fraction of sp³-hybridized carbons (Fsp3) is 0.571. The number of benzene rings is 1. The van der Waals surface area contributed by atoms with Crippen LogP contribution in [0.25, 0.3) is 0 Å². The Labute approximate surface area is 107 Å². The van der Waals surface area contributed by atoms with Gasteiger partial charge in [-0.25, -0.2) is 8.78 Å². The Bertz CT molecular complexity index is 403. The van der Waals surface area contributed by atoms with E-state index < -0.39 is 23.3 Å². The standard InChI is InChI=1S/C14H21F2NO/c1-5-14(6-2,17(3)4)13(18)10-8-7-9-11(15)12(10)16/h7-9,13,18H,5-6H2,1-4H3. The lowest BCUT2D eigenvalue weighted by atomic mass is 9.81. The maximum absolute atomic E-state index is 13.8. The van der Waals surface area contributed by atoms with E-state index in [0.29, 0.717) is 12.8 Å². The fourth-order valence-electron chi connectivity index (χ4n) is 2.53. The number of rotatable bonds is 5. The van der Waals surface area contributed by atoms with E-state index in [-0.39, 0.29) is 5.56 Å². The minimum atomic E-state index is -1.06. The number of hydrogen-bond acceptors (Lipinski definition) is 2. The van der Waals surface area contributed by atoms with Crippen LogP contribution in [0, 0.1) is 11.6 Å². The maximum atomic E-state index is 13.8. The number of aliphatic hydroxyl groups excluding tert-OH is 1. The van der Waals surface area contributed by atoms with Crippen LogP contribution in [0.1, 0.15) is 38.4 Å². The molecule has 1 unspecified atom stereocenters. The van der Waals surface area contributed by atoms with E-state index in [1.54, 1.807) is 0 Å². The van der Waals surface area contributed by atoms with E-state index in [9.17, 15) is 13.9 Å². The first kappa shape index (κ1) is 15.1. The molecule has 0 amide bonds. The van der Waals surface area contributed by atoms with Crippen LogP contribution in [0.15, 0.2) is 18.2 Å². The zero-order chi connectivity index (χ0) is 13.9. The van der Waals surface area contributed by atoms with Gasteiger partial charge in [-0.15, -0.1) is 0 Å². The number of halogens is 2. The molecule has 0 saturated carbocycles. The minimum Gasteiger partial charge on any atom is -0.386 e. The lowest BCUT2D eigenvalue weighted by Gasteiger charge is -2.42. The Morgan fingerprint density at radius 1 is 1.22 bits per heavy atom. The molecule has 0 heterocycles. The Morgan fingerprint density at radius 3 is 2.22 bits per heavy atom. The summed E-state index contributed by atoms with van der Waals surface area (Å²) >= 11 is 0. The zero-order valence-electron chi connectivity index (χ0n) is 11.4. The van der Waals surface area contributed by atoms with Gasteiger partial charge in [0.15, 0.2) is 11.6 Å². The van der Waals surface area contributed by atoms with E-state index in [4.69, 9.17) is 0 Å². The third kappa shape index (κ3) is 2.40. The maximum Gasteiger partial charge on any atom is 0.164 e. The summed E-state index contributed by atoms with van der Waals surface area (Å²) < 4.78 is 27.0. The second kappa shape index (κ2) is 5.76. The molecule has 1 N–H and O–H groups in total. The average Bonchev–Trinajstić information content (AvgIpc) is 2.34. The lowest BCUT2D eigenvalue weighted by molar-refractivity contribution is -0.0171. The van der Waals surface area contributed by atoms with Gasteiger partial charge in [-0.2, -0.15) is 0 Å². The molecule has 0 aliphatic carbocycles. The molecular formula is C14H21F2NO. The van der Waals surface area contributed by atoms with Crippen molar-refractivity contribution in [3.8, 4) is 0 Å². The van der Waals surface area contributed by atoms with Crippen molar-refractivity contribution in [2.75, 3.05) is 14.1 Å². The van der Waals surface area contributed by atoms with Crippen molar-refractivity contribution in [2.24, 2.45) is 0 Å². The van der Waals surface area contributed by atoms with Gasteiger partial charge in [-0.3, -0.25) is 0 Å². The Balaban J connectivity index is 3.26. The molecule has 0 spiro atoms. The van der Waals surface area contributed by atoms with Crippen molar-refractivity contribution in [3.63, 3.8) is 0 Å². The first-order chi connectivity index (χ1) is 8.40. The summed E-state index contributed by atoms with van der Waals surface area (Å²) in [6.07, 6.45) is 0.236. The smallest absolute Gasteiger partial charge is 0.164 e. The zero-order valence-corrected chi connectivity index (χ0v) is 11.4. The highest BCUT2D eigenvalue weighted by atomic mass is 19.2. The molecule has 0 aliphatic heterocycles. The lowest BCUT2D eigenvalue weighted by Crippen LogP contribution is -2.48. The summed E-state index contributed by atoms with van der Waals surface area (Å²) in [5, 5.41) is 10.5. The van der Waals surface area contributed by atoms with E-state index in [1.807, 2.05) is 32.8 Å². The van der Waals surface area contributed by atoms with Gasteiger partial charge in [0, 0.05) is 5.56 Å². The van der Waals surface area contributed by atoms with Gasteiger partial charge in [0.2, 0.25) is 0 Å². The molecule has 1 rings (SSSR count). The minimum absolute atomic E-state index is 0.0207. The van der Waals surface area contributed by atoms with Gasteiger partial charge < -0.3 is 10.0 Å². The summed E-state index contributed by atoms with van der Waals surface area (Å²) in [6.45, 7) is 3.87. The quantitative estimate of drug-likeness (QED) is 0.876. The summed E-state index contributed by atoms with van der Waals surface area (Å²) in [4.78, 5) is 1.88. The molecule has 2 nitrogen and oxygen atoms in total. The Hall–Kier alpha value is -1.00. The molecule has 1 aromatic carbocycles. The van der Waals surface area contributed by atoms with Gasteiger partial charge >= 0.3 is 0 Å². The molecule has 0 aliphatic rings. The molecule has 0 radical (unpaired) electrons. The van der Waals surface area contributed by atoms with Gasteiger partial charge in [0.1, 0.15) is 6.10 Å².